The number of carboxylic acid groups (broad SMARTS) is 1. The molecule has 1 aromatic carbocycles. The molecular weight excluding hydrogens is 382 g/mol. The van der Waals surface area contributed by atoms with E-state index in [-0.39, 0.29) is 23.8 Å². The minimum atomic E-state index is -1.07. The first-order valence-electron chi connectivity index (χ1n) is 8.81. The van der Waals surface area contributed by atoms with E-state index >= 15 is 0 Å². The summed E-state index contributed by atoms with van der Waals surface area (Å²) in [5.74, 6) is -0.971. The molecule has 152 valence electrons. The number of aliphatic hydroxyl groups excluding tert-OH is 1. The van der Waals surface area contributed by atoms with Crippen molar-refractivity contribution in [3.8, 4) is 0 Å². The maximum Gasteiger partial charge on any atom is 0.304 e. The maximum atomic E-state index is 11.5. The first-order valence-corrected chi connectivity index (χ1v) is 10.0. The third-order valence-corrected chi connectivity index (χ3v) is 6.15. The van der Waals surface area contributed by atoms with Crippen LogP contribution < -0.4 is 12.3 Å². The highest BCUT2D eigenvalue weighted by Crippen LogP contribution is 2.39. The molecule has 0 amide bonds. The lowest BCUT2D eigenvalue weighted by Gasteiger charge is -2.28. The molecule has 2 rings (SSSR count). The fraction of sp³-hybridized carbons (Fsp3) is 0.526. The summed E-state index contributed by atoms with van der Waals surface area (Å²) in [5, 5.41) is 20.0. The van der Waals surface area contributed by atoms with Gasteiger partial charge in [-0.15, -0.1) is 11.3 Å². The predicted molar refractivity (Wildman–Crippen MR) is 117 cm³/mol. The van der Waals surface area contributed by atoms with Gasteiger partial charge in [-0.05, 0) is 30.8 Å². The second kappa shape index (κ2) is 12.0. The number of thiocarbonyl (C=S) groups is 1. The molecule has 0 saturated heterocycles. The third-order valence-electron chi connectivity index (χ3n) is 4.52. The number of rotatable bonds is 11. The van der Waals surface area contributed by atoms with Gasteiger partial charge in [0.25, 0.3) is 0 Å². The second-order valence-corrected chi connectivity index (χ2v) is 7.88. The maximum absolute atomic E-state index is 11.5. The van der Waals surface area contributed by atoms with Crippen molar-refractivity contribution in [1.29, 1.82) is 0 Å². The second-order valence-electron chi connectivity index (χ2n) is 6.46. The highest BCUT2D eigenvalue weighted by atomic mass is 32.1. The molecule has 2 aromatic rings. The smallest absolute Gasteiger partial charge is 0.304 e. The molecule has 8 N–H and O–H groups in total. The molecule has 27 heavy (non-hydrogen) atoms. The van der Waals surface area contributed by atoms with Gasteiger partial charge in [-0.25, -0.2) is 4.98 Å². The number of hydrogen-bond acceptors (Lipinski definition) is 6. The molecule has 1 heterocycles. The zero-order valence-corrected chi connectivity index (χ0v) is 17.6. The van der Waals surface area contributed by atoms with E-state index in [1.807, 2.05) is 24.3 Å². The lowest BCUT2D eigenvalue weighted by Crippen LogP contribution is -2.37. The lowest BCUT2D eigenvalue weighted by molar-refractivity contribution is -0.138. The van der Waals surface area contributed by atoms with Crippen LogP contribution in [0.3, 0.4) is 0 Å². The van der Waals surface area contributed by atoms with Crippen molar-refractivity contribution >= 4 is 44.8 Å². The Morgan fingerprint density at radius 2 is 1.74 bits per heavy atom. The minimum absolute atomic E-state index is 0. The summed E-state index contributed by atoms with van der Waals surface area (Å²) < 4.78 is 0.978. The van der Waals surface area contributed by atoms with Crippen molar-refractivity contribution in [2.45, 2.75) is 63.7 Å². The van der Waals surface area contributed by atoms with E-state index in [1.54, 1.807) is 0 Å². The Kier molecular flexibility index (Phi) is 11.3. The van der Waals surface area contributed by atoms with E-state index in [2.05, 4.69) is 11.9 Å². The molecule has 6 nitrogen and oxygen atoms in total. The monoisotopic (exact) mass is 413 g/mol. The molecule has 8 heteroatoms. The summed E-state index contributed by atoms with van der Waals surface area (Å²) >= 11 is 6.54. The Labute approximate surface area is 170 Å². The summed E-state index contributed by atoms with van der Waals surface area (Å²) in [6.45, 7) is 2.18. The minimum Gasteiger partial charge on any atom is -0.501 e. The van der Waals surface area contributed by atoms with E-state index in [0.717, 1.165) is 29.5 Å². The van der Waals surface area contributed by atoms with Crippen LogP contribution in [-0.4, -0.2) is 26.2 Å². The van der Waals surface area contributed by atoms with E-state index in [0.29, 0.717) is 11.4 Å². The largest absolute Gasteiger partial charge is 0.501 e. The van der Waals surface area contributed by atoms with Crippen molar-refractivity contribution in [2.24, 2.45) is 0 Å². The Morgan fingerprint density at radius 3 is 2.33 bits per heavy atom. The van der Waals surface area contributed by atoms with Crippen molar-refractivity contribution in [3.63, 3.8) is 0 Å². The SMILES string of the molecule is CCCCCCCCC(CC(=O)O)(C(O)=S)c1nc2ccccc2s1.N.N. The van der Waals surface area contributed by atoms with Crippen LogP contribution in [0.25, 0.3) is 10.2 Å². The molecule has 0 saturated carbocycles. The summed E-state index contributed by atoms with van der Waals surface area (Å²) in [6.07, 6.45) is 6.84. The van der Waals surface area contributed by atoms with Crippen LogP contribution in [0.5, 0.6) is 0 Å². The topological polar surface area (TPSA) is 140 Å². The van der Waals surface area contributed by atoms with Gasteiger partial charge < -0.3 is 22.5 Å². The van der Waals surface area contributed by atoms with E-state index in [4.69, 9.17) is 12.2 Å². The van der Waals surface area contributed by atoms with Gasteiger partial charge in [0.05, 0.1) is 16.6 Å². The van der Waals surface area contributed by atoms with Gasteiger partial charge in [-0.1, -0.05) is 57.6 Å². The average molecular weight is 414 g/mol. The summed E-state index contributed by atoms with van der Waals surface area (Å²) in [5.41, 5.74) is -0.258. The molecule has 1 atom stereocenters. The molecular formula is C19H31N3O3S2. The number of para-hydroxylation sites is 1. The van der Waals surface area contributed by atoms with Crippen LogP contribution in [0, 0.1) is 0 Å². The lowest BCUT2D eigenvalue weighted by atomic mass is 9.80. The quantitative estimate of drug-likeness (QED) is 0.263. The van der Waals surface area contributed by atoms with E-state index < -0.39 is 11.4 Å². The van der Waals surface area contributed by atoms with Gasteiger partial charge in [-0.3, -0.25) is 4.79 Å². The average Bonchev–Trinajstić information content (AvgIpc) is 3.00. The number of hydrogen-bond donors (Lipinski definition) is 4. The van der Waals surface area contributed by atoms with Gasteiger partial charge in [0.1, 0.15) is 10.4 Å². The number of carbonyl (C=O) groups is 1. The number of benzene rings is 1. The highest BCUT2D eigenvalue weighted by Gasteiger charge is 2.42. The van der Waals surface area contributed by atoms with Gasteiger partial charge in [-0.2, -0.15) is 0 Å². The third kappa shape index (κ3) is 6.49. The number of carboxylic acids is 1. The number of thiazole rings is 1. The molecule has 1 aromatic heterocycles. The molecule has 0 spiro atoms. The summed E-state index contributed by atoms with van der Waals surface area (Å²) in [6, 6.07) is 7.67. The van der Waals surface area contributed by atoms with Crippen LogP contribution in [0.4, 0.5) is 0 Å². The fourth-order valence-corrected chi connectivity index (χ4v) is 4.61. The number of aliphatic carboxylic acids is 1. The van der Waals surface area contributed by atoms with Crippen molar-refractivity contribution in [1.82, 2.24) is 17.3 Å². The standard InChI is InChI=1S/C19H25NO3S2.2H3N/c1-2-3-4-5-6-9-12-19(18(23)24,13-16(21)22)17-20-14-10-7-8-11-15(14)25-17;;/h7-8,10-11H,2-6,9,12-13H2,1H3,(H,21,22)(H,23,24);2*1H3. The van der Waals surface area contributed by atoms with Crippen LogP contribution in [-0.2, 0) is 10.2 Å². The molecule has 0 fully saturated rings. The molecule has 0 radical (unpaired) electrons. The van der Waals surface area contributed by atoms with Crippen molar-refractivity contribution in [3.05, 3.63) is 29.3 Å². The number of unbranched alkanes of at least 4 members (excludes halogenated alkanes) is 5. The van der Waals surface area contributed by atoms with Gasteiger partial charge >= 0.3 is 5.97 Å². The van der Waals surface area contributed by atoms with Gasteiger partial charge in [0.2, 0.25) is 0 Å². The number of aromatic nitrogens is 1. The normalized spacial score (nSPS) is 12.6. The Bertz CT molecular complexity index is 703. The van der Waals surface area contributed by atoms with Crippen LogP contribution in [0.15, 0.2) is 24.3 Å². The number of nitrogens with zero attached hydrogens (tertiary/aromatic N) is 1. The van der Waals surface area contributed by atoms with Crippen molar-refractivity contribution < 1.29 is 15.0 Å². The van der Waals surface area contributed by atoms with E-state index in [1.165, 1.54) is 30.6 Å². The highest BCUT2D eigenvalue weighted by molar-refractivity contribution is 7.80. The van der Waals surface area contributed by atoms with Crippen LogP contribution >= 0.6 is 23.6 Å². The zero-order valence-electron chi connectivity index (χ0n) is 15.9. The Balaban J connectivity index is 0.00000338. The van der Waals surface area contributed by atoms with Crippen molar-refractivity contribution in [2.75, 3.05) is 0 Å². The Morgan fingerprint density at radius 1 is 1.11 bits per heavy atom. The number of fused-ring (bicyclic) bond motifs is 1. The molecule has 0 bridgehead atoms. The predicted octanol–water partition coefficient (Wildman–Crippen LogP) is 5.97. The fourth-order valence-electron chi connectivity index (χ4n) is 3.09. The zero-order chi connectivity index (χ0) is 18.3. The molecule has 0 aliphatic carbocycles. The van der Waals surface area contributed by atoms with E-state index in [9.17, 15) is 15.0 Å². The Hall–Kier alpha value is -1.61. The molecule has 1 unspecified atom stereocenters. The first-order chi connectivity index (χ1) is 12.0. The van der Waals surface area contributed by atoms with Gasteiger partial charge in [0.15, 0.2) is 5.05 Å². The molecule has 0 aliphatic heterocycles. The van der Waals surface area contributed by atoms with Crippen LogP contribution in [0.2, 0.25) is 0 Å². The summed E-state index contributed by atoms with van der Waals surface area (Å²) in [4.78, 5) is 16.1. The molecule has 0 aliphatic rings. The van der Waals surface area contributed by atoms with Crippen LogP contribution in [0.1, 0.15) is 63.3 Å². The summed E-state index contributed by atoms with van der Waals surface area (Å²) in [7, 11) is 0. The first kappa shape index (κ1) is 25.4. The van der Waals surface area contributed by atoms with Gasteiger partial charge in [0, 0.05) is 0 Å². The number of aliphatic hydroxyl groups is 1.